The summed E-state index contributed by atoms with van der Waals surface area (Å²) in [6, 6.07) is 8.48. The molecule has 1 fully saturated rings. The fourth-order valence-electron chi connectivity index (χ4n) is 1.78. The number of H-pyrrole nitrogens is 1. The molecule has 0 unspecified atom stereocenters. The summed E-state index contributed by atoms with van der Waals surface area (Å²) in [6.07, 6.45) is 2.49. The quantitative estimate of drug-likeness (QED) is 0.845. The van der Waals surface area contributed by atoms with Crippen molar-refractivity contribution in [3.05, 3.63) is 41.2 Å². The Bertz CT molecular complexity index is 496. The van der Waals surface area contributed by atoms with Gasteiger partial charge in [-0.25, -0.2) is 0 Å². The van der Waals surface area contributed by atoms with Crippen LogP contribution in [-0.4, -0.2) is 15.2 Å². The Morgan fingerprint density at radius 1 is 1.29 bits per heavy atom. The molecule has 0 saturated heterocycles. The molecule has 2 N–H and O–H groups in total. The molecule has 0 spiro atoms. The van der Waals surface area contributed by atoms with Crippen molar-refractivity contribution in [2.24, 2.45) is 0 Å². The zero-order valence-electron chi connectivity index (χ0n) is 9.90. The van der Waals surface area contributed by atoms with Crippen LogP contribution in [0.4, 0.5) is 5.95 Å². The first-order valence-electron chi connectivity index (χ1n) is 6.03. The van der Waals surface area contributed by atoms with Gasteiger partial charge in [-0.15, -0.1) is 5.10 Å². The maximum absolute atomic E-state index is 4.43. The summed E-state index contributed by atoms with van der Waals surface area (Å²) in [5.74, 6) is 2.35. The summed E-state index contributed by atoms with van der Waals surface area (Å²) < 4.78 is 0. The van der Waals surface area contributed by atoms with Crippen LogP contribution < -0.4 is 5.32 Å². The first-order valence-corrected chi connectivity index (χ1v) is 6.03. The number of nitrogens with zero attached hydrogens (tertiary/aromatic N) is 2. The van der Waals surface area contributed by atoms with Gasteiger partial charge in [-0.1, -0.05) is 29.8 Å². The summed E-state index contributed by atoms with van der Waals surface area (Å²) in [7, 11) is 0. The van der Waals surface area contributed by atoms with Gasteiger partial charge in [0.25, 0.3) is 0 Å². The Hall–Kier alpha value is -1.84. The van der Waals surface area contributed by atoms with E-state index >= 15 is 0 Å². The third kappa shape index (κ3) is 2.46. The standard InChI is InChI=1S/C13H16N4/c1-9-2-4-10(5-3-9)8-14-13-15-12(16-17-13)11-6-7-11/h2-5,11H,6-8H2,1H3,(H2,14,15,16,17). The number of anilines is 1. The third-order valence-corrected chi connectivity index (χ3v) is 3.04. The van der Waals surface area contributed by atoms with Gasteiger partial charge in [0.2, 0.25) is 5.95 Å². The Morgan fingerprint density at radius 3 is 2.76 bits per heavy atom. The van der Waals surface area contributed by atoms with Crippen LogP contribution in [-0.2, 0) is 6.54 Å². The Labute approximate surface area is 100 Å². The van der Waals surface area contributed by atoms with Crippen LogP contribution in [0.25, 0.3) is 0 Å². The minimum absolute atomic E-state index is 0.623. The number of nitrogens with one attached hydrogen (secondary N) is 2. The predicted octanol–water partition coefficient (Wildman–Crippen LogP) is 2.60. The van der Waals surface area contributed by atoms with E-state index in [-0.39, 0.29) is 0 Å². The molecule has 0 bridgehead atoms. The lowest BCUT2D eigenvalue weighted by atomic mass is 10.1. The minimum Gasteiger partial charge on any atom is -0.349 e. The number of hydrogen-bond acceptors (Lipinski definition) is 3. The number of rotatable bonds is 4. The number of aromatic nitrogens is 3. The van der Waals surface area contributed by atoms with Gasteiger partial charge >= 0.3 is 0 Å². The summed E-state index contributed by atoms with van der Waals surface area (Å²) in [6.45, 7) is 2.86. The summed E-state index contributed by atoms with van der Waals surface area (Å²) in [5, 5.41) is 10.4. The molecule has 1 saturated carbocycles. The van der Waals surface area contributed by atoms with Gasteiger partial charge in [-0.3, -0.25) is 5.10 Å². The topological polar surface area (TPSA) is 53.6 Å². The first-order chi connectivity index (χ1) is 8.31. The number of aryl methyl sites for hydroxylation is 1. The van der Waals surface area contributed by atoms with Crippen molar-refractivity contribution < 1.29 is 0 Å². The predicted molar refractivity (Wildman–Crippen MR) is 66.9 cm³/mol. The fourth-order valence-corrected chi connectivity index (χ4v) is 1.78. The molecule has 0 aliphatic heterocycles. The van der Waals surface area contributed by atoms with E-state index in [1.54, 1.807) is 0 Å². The Morgan fingerprint density at radius 2 is 2.06 bits per heavy atom. The van der Waals surface area contributed by atoms with Crippen molar-refractivity contribution >= 4 is 5.95 Å². The number of hydrogen-bond donors (Lipinski definition) is 2. The second kappa shape index (κ2) is 4.20. The van der Waals surface area contributed by atoms with Crippen molar-refractivity contribution in [3.8, 4) is 0 Å². The van der Waals surface area contributed by atoms with Crippen LogP contribution in [0.3, 0.4) is 0 Å². The number of benzene rings is 1. The molecule has 1 aromatic heterocycles. The molecule has 4 heteroatoms. The molecule has 17 heavy (non-hydrogen) atoms. The van der Waals surface area contributed by atoms with E-state index < -0.39 is 0 Å². The van der Waals surface area contributed by atoms with E-state index in [4.69, 9.17) is 0 Å². The van der Waals surface area contributed by atoms with E-state index in [0.29, 0.717) is 11.9 Å². The van der Waals surface area contributed by atoms with Crippen molar-refractivity contribution in [1.29, 1.82) is 0 Å². The second-order valence-electron chi connectivity index (χ2n) is 4.66. The van der Waals surface area contributed by atoms with Gasteiger partial charge in [-0.05, 0) is 25.3 Å². The van der Waals surface area contributed by atoms with Crippen molar-refractivity contribution in [2.45, 2.75) is 32.2 Å². The van der Waals surface area contributed by atoms with Crippen LogP contribution in [0, 0.1) is 6.92 Å². The lowest BCUT2D eigenvalue weighted by Gasteiger charge is -2.02. The van der Waals surface area contributed by atoms with E-state index in [9.17, 15) is 0 Å². The second-order valence-corrected chi connectivity index (χ2v) is 4.66. The van der Waals surface area contributed by atoms with Crippen LogP contribution >= 0.6 is 0 Å². The Kier molecular flexibility index (Phi) is 2.55. The normalized spacial score (nSPS) is 14.9. The lowest BCUT2D eigenvalue weighted by Crippen LogP contribution is -2.00. The molecule has 1 aromatic carbocycles. The van der Waals surface area contributed by atoms with Crippen LogP contribution in [0.1, 0.15) is 35.7 Å². The monoisotopic (exact) mass is 228 g/mol. The smallest absolute Gasteiger partial charge is 0.242 e. The molecule has 1 aliphatic carbocycles. The van der Waals surface area contributed by atoms with Crippen LogP contribution in [0.15, 0.2) is 24.3 Å². The van der Waals surface area contributed by atoms with Gasteiger partial charge in [-0.2, -0.15) is 4.98 Å². The summed E-state index contributed by atoms with van der Waals surface area (Å²) in [5.41, 5.74) is 2.52. The van der Waals surface area contributed by atoms with Gasteiger partial charge < -0.3 is 5.32 Å². The molecule has 1 aliphatic rings. The highest BCUT2D eigenvalue weighted by atomic mass is 15.3. The average Bonchev–Trinajstić information content (AvgIpc) is 3.09. The molecule has 2 aromatic rings. The maximum atomic E-state index is 4.43. The van der Waals surface area contributed by atoms with E-state index in [1.807, 2.05) is 0 Å². The highest BCUT2D eigenvalue weighted by Gasteiger charge is 2.26. The van der Waals surface area contributed by atoms with Crippen LogP contribution in [0.2, 0.25) is 0 Å². The van der Waals surface area contributed by atoms with Gasteiger partial charge in [0.15, 0.2) is 0 Å². The van der Waals surface area contributed by atoms with Crippen molar-refractivity contribution in [1.82, 2.24) is 15.2 Å². The van der Waals surface area contributed by atoms with Gasteiger partial charge in [0, 0.05) is 12.5 Å². The van der Waals surface area contributed by atoms with Crippen molar-refractivity contribution in [2.75, 3.05) is 5.32 Å². The molecular weight excluding hydrogens is 212 g/mol. The molecule has 0 atom stereocenters. The van der Waals surface area contributed by atoms with E-state index in [2.05, 4.69) is 51.7 Å². The molecule has 88 valence electrons. The molecule has 0 radical (unpaired) electrons. The van der Waals surface area contributed by atoms with E-state index in [1.165, 1.54) is 24.0 Å². The van der Waals surface area contributed by atoms with Gasteiger partial charge in [0.1, 0.15) is 5.82 Å². The molecule has 0 amide bonds. The Balaban J connectivity index is 1.60. The zero-order valence-corrected chi connectivity index (χ0v) is 9.90. The molecule has 3 rings (SSSR count). The molecule has 4 nitrogen and oxygen atoms in total. The lowest BCUT2D eigenvalue weighted by molar-refractivity contribution is 0.934. The van der Waals surface area contributed by atoms with Gasteiger partial charge in [0.05, 0.1) is 0 Å². The summed E-state index contributed by atoms with van der Waals surface area (Å²) >= 11 is 0. The van der Waals surface area contributed by atoms with Crippen LogP contribution in [0.5, 0.6) is 0 Å². The van der Waals surface area contributed by atoms with Crippen molar-refractivity contribution in [3.63, 3.8) is 0 Å². The fraction of sp³-hybridized carbons (Fsp3) is 0.385. The first kappa shape index (κ1) is 10.3. The maximum Gasteiger partial charge on any atom is 0.242 e. The molecular formula is C13H16N4. The number of aromatic amines is 1. The van der Waals surface area contributed by atoms with E-state index in [0.717, 1.165) is 12.4 Å². The molecule has 1 heterocycles. The zero-order chi connectivity index (χ0) is 11.7. The SMILES string of the molecule is Cc1ccc(CNc2n[nH]c(C3CC3)n2)cc1. The highest BCUT2D eigenvalue weighted by Crippen LogP contribution is 2.38. The average molecular weight is 228 g/mol. The largest absolute Gasteiger partial charge is 0.349 e. The minimum atomic E-state index is 0.623. The summed E-state index contributed by atoms with van der Waals surface area (Å²) in [4.78, 5) is 4.43. The highest BCUT2D eigenvalue weighted by molar-refractivity contribution is 5.29. The third-order valence-electron chi connectivity index (χ3n) is 3.04.